The van der Waals surface area contributed by atoms with Crippen LogP contribution in [0.4, 0.5) is 5.13 Å². The Morgan fingerprint density at radius 1 is 1.45 bits per heavy atom. The maximum atomic E-state index is 4.43. The molecule has 0 aliphatic heterocycles. The zero-order valence-electron chi connectivity index (χ0n) is 7.51. The van der Waals surface area contributed by atoms with Crippen molar-refractivity contribution in [3.8, 4) is 0 Å². The van der Waals surface area contributed by atoms with E-state index in [-0.39, 0.29) is 0 Å². The van der Waals surface area contributed by atoms with Gasteiger partial charge in [-0.1, -0.05) is 6.92 Å². The van der Waals surface area contributed by atoms with Crippen LogP contribution >= 0.6 is 11.3 Å². The van der Waals surface area contributed by atoms with Crippen molar-refractivity contribution in [1.82, 2.24) is 4.98 Å². The molecule has 0 N–H and O–H groups in total. The summed E-state index contributed by atoms with van der Waals surface area (Å²) >= 11 is 1.78. The SMILES string of the molecule is CCc1sc(N(C)C)nc1C. The smallest absolute Gasteiger partial charge is 0.185 e. The van der Waals surface area contributed by atoms with Crippen molar-refractivity contribution < 1.29 is 0 Å². The zero-order chi connectivity index (χ0) is 8.43. The van der Waals surface area contributed by atoms with Gasteiger partial charge in [-0.15, -0.1) is 11.3 Å². The van der Waals surface area contributed by atoms with Gasteiger partial charge in [0, 0.05) is 19.0 Å². The molecule has 0 atom stereocenters. The van der Waals surface area contributed by atoms with Gasteiger partial charge in [-0.25, -0.2) is 4.98 Å². The first kappa shape index (κ1) is 8.53. The third kappa shape index (κ3) is 1.71. The van der Waals surface area contributed by atoms with E-state index in [9.17, 15) is 0 Å². The normalized spacial score (nSPS) is 10.2. The minimum atomic E-state index is 1.09. The number of anilines is 1. The Morgan fingerprint density at radius 3 is 2.36 bits per heavy atom. The lowest BCUT2D eigenvalue weighted by molar-refractivity contribution is 1.07. The second-order valence-corrected chi connectivity index (χ2v) is 3.82. The summed E-state index contributed by atoms with van der Waals surface area (Å²) in [5.41, 5.74) is 1.18. The standard InChI is InChI=1S/C8H14N2S/c1-5-7-6(2)9-8(11-7)10(3)4/h5H2,1-4H3. The van der Waals surface area contributed by atoms with Crippen LogP contribution in [0.2, 0.25) is 0 Å². The highest BCUT2D eigenvalue weighted by Gasteiger charge is 2.05. The molecule has 0 saturated heterocycles. The Bertz CT molecular complexity index is 240. The Balaban J connectivity index is 2.95. The number of aryl methyl sites for hydroxylation is 2. The first-order valence-corrected chi connectivity index (χ1v) is 4.60. The van der Waals surface area contributed by atoms with Crippen LogP contribution in [-0.4, -0.2) is 19.1 Å². The summed E-state index contributed by atoms with van der Waals surface area (Å²) < 4.78 is 0. The molecule has 0 aliphatic rings. The number of rotatable bonds is 2. The van der Waals surface area contributed by atoms with Crippen LogP contribution in [0.5, 0.6) is 0 Å². The van der Waals surface area contributed by atoms with Crippen LogP contribution in [0.1, 0.15) is 17.5 Å². The van der Waals surface area contributed by atoms with Crippen molar-refractivity contribution in [3.05, 3.63) is 10.6 Å². The topological polar surface area (TPSA) is 16.1 Å². The minimum Gasteiger partial charge on any atom is -0.354 e. The molecule has 3 heteroatoms. The lowest BCUT2D eigenvalue weighted by atomic mass is 10.3. The summed E-state index contributed by atoms with van der Waals surface area (Å²) in [6, 6.07) is 0. The van der Waals surface area contributed by atoms with Crippen molar-refractivity contribution in [3.63, 3.8) is 0 Å². The van der Waals surface area contributed by atoms with Gasteiger partial charge in [0.1, 0.15) is 0 Å². The van der Waals surface area contributed by atoms with Crippen molar-refractivity contribution in [1.29, 1.82) is 0 Å². The third-order valence-electron chi connectivity index (χ3n) is 1.59. The van der Waals surface area contributed by atoms with E-state index in [4.69, 9.17) is 0 Å². The third-order valence-corrected chi connectivity index (χ3v) is 3.05. The Hall–Kier alpha value is -0.570. The molecule has 2 nitrogen and oxygen atoms in total. The van der Waals surface area contributed by atoms with Crippen molar-refractivity contribution in [2.24, 2.45) is 0 Å². The fourth-order valence-corrected chi connectivity index (χ4v) is 1.86. The van der Waals surface area contributed by atoms with E-state index in [0.717, 1.165) is 11.6 Å². The Kier molecular flexibility index (Phi) is 2.49. The van der Waals surface area contributed by atoms with Crippen molar-refractivity contribution in [2.45, 2.75) is 20.3 Å². The molecule has 1 rings (SSSR count). The zero-order valence-corrected chi connectivity index (χ0v) is 8.33. The van der Waals surface area contributed by atoms with Crippen LogP contribution in [0.3, 0.4) is 0 Å². The van der Waals surface area contributed by atoms with Crippen molar-refractivity contribution in [2.75, 3.05) is 19.0 Å². The van der Waals surface area contributed by atoms with E-state index in [1.54, 1.807) is 11.3 Å². The maximum absolute atomic E-state index is 4.43. The molecule has 11 heavy (non-hydrogen) atoms. The maximum Gasteiger partial charge on any atom is 0.185 e. The largest absolute Gasteiger partial charge is 0.354 e. The van der Waals surface area contributed by atoms with Crippen LogP contribution in [0, 0.1) is 6.92 Å². The van der Waals surface area contributed by atoms with E-state index in [1.165, 1.54) is 10.6 Å². The van der Waals surface area contributed by atoms with Gasteiger partial charge in [0.25, 0.3) is 0 Å². The highest BCUT2D eigenvalue weighted by atomic mass is 32.1. The molecule has 0 bridgehead atoms. The predicted octanol–water partition coefficient (Wildman–Crippen LogP) is 2.08. The van der Waals surface area contributed by atoms with Gasteiger partial charge in [-0.2, -0.15) is 0 Å². The molecule has 0 amide bonds. The van der Waals surface area contributed by atoms with Crippen molar-refractivity contribution >= 4 is 16.5 Å². The molecule has 0 fully saturated rings. The second kappa shape index (κ2) is 3.22. The van der Waals surface area contributed by atoms with E-state index < -0.39 is 0 Å². The van der Waals surface area contributed by atoms with Crippen LogP contribution < -0.4 is 4.90 Å². The molecule has 1 heterocycles. The number of nitrogens with zero attached hydrogens (tertiary/aromatic N) is 2. The summed E-state index contributed by atoms with van der Waals surface area (Å²) in [7, 11) is 4.05. The summed E-state index contributed by atoms with van der Waals surface area (Å²) in [5, 5.41) is 1.11. The average Bonchev–Trinajstić information content (AvgIpc) is 2.31. The van der Waals surface area contributed by atoms with Gasteiger partial charge >= 0.3 is 0 Å². The predicted molar refractivity (Wildman–Crippen MR) is 50.6 cm³/mol. The number of aromatic nitrogens is 1. The van der Waals surface area contributed by atoms with Crippen LogP contribution in [0.15, 0.2) is 0 Å². The first-order valence-electron chi connectivity index (χ1n) is 3.78. The number of hydrogen-bond donors (Lipinski definition) is 0. The van der Waals surface area contributed by atoms with Gasteiger partial charge in [-0.05, 0) is 13.3 Å². The highest BCUT2D eigenvalue weighted by molar-refractivity contribution is 7.15. The highest BCUT2D eigenvalue weighted by Crippen LogP contribution is 2.24. The molecule has 0 saturated carbocycles. The van der Waals surface area contributed by atoms with Gasteiger partial charge in [0.05, 0.1) is 5.69 Å². The number of hydrogen-bond acceptors (Lipinski definition) is 3. The van der Waals surface area contributed by atoms with E-state index in [0.29, 0.717) is 0 Å². The fourth-order valence-electron chi connectivity index (χ4n) is 0.932. The molecule has 62 valence electrons. The molecule has 0 radical (unpaired) electrons. The second-order valence-electron chi connectivity index (χ2n) is 2.75. The summed E-state index contributed by atoms with van der Waals surface area (Å²) in [5.74, 6) is 0. The number of thiazole rings is 1. The first-order chi connectivity index (χ1) is 5.15. The fraction of sp³-hybridized carbons (Fsp3) is 0.625. The van der Waals surface area contributed by atoms with Gasteiger partial charge < -0.3 is 4.90 Å². The average molecular weight is 170 g/mol. The minimum absolute atomic E-state index is 1.09. The van der Waals surface area contributed by atoms with Crippen LogP contribution in [-0.2, 0) is 6.42 Å². The van der Waals surface area contributed by atoms with Gasteiger partial charge in [0.15, 0.2) is 5.13 Å². The van der Waals surface area contributed by atoms with E-state index in [1.807, 2.05) is 14.1 Å². The summed E-state index contributed by atoms with van der Waals surface area (Å²) in [6.07, 6.45) is 1.09. The molecule has 0 aliphatic carbocycles. The molecular weight excluding hydrogens is 156 g/mol. The van der Waals surface area contributed by atoms with Crippen LogP contribution in [0.25, 0.3) is 0 Å². The molecule has 0 unspecified atom stereocenters. The lowest BCUT2D eigenvalue weighted by Crippen LogP contribution is -2.07. The van der Waals surface area contributed by atoms with E-state index >= 15 is 0 Å². The Morgan fingerprint density at radius 2 is 2.09 bits per heavy atom. The molecular formula is C8H14N2S. The van der Waals surface area contributed by atoms with Gasteiger partial charge in [-0.3, -0.25) is 0 Å². The monoisotopic (exact) mass is 170 g/mol. The summed E-state index contributed by atoms with van der Waals surface area (Å²) in [4.78, 5) is 7.87. The van der Waals surface area contributed by atoms with Gasteiger partial charge in [0.2, 0.25) is 0 Å². The summed E-state index contributed by atoms with van der Waals surface area (Å²) in [6.45, 7) is 4.24. The molecule has 1 aromatic heterocycles. The quantitative estimate of drug-likeness (QED) is 0.675. The Labute approximate surface area is 71.9 Å². The molecule has 0 spiro atoms. The van der Waals surface area contributed by atoms with E-state index in [2.05, 4.69) is 23.7 Å². The molecule has 0 aromatic carbocycles. The molecule has 1 aromatic rings. The lowest BCUT2D eigenvalue weighted by Gasteiger charge is -2.04.